The first-order chi connectivity index (χ1) is 17.3. The average molecular weight is 483 g/mol. The lowest BCUT2D eigenvalue weighted by molar-refractivity contribution is 0.613. The zero-order valence-corrected chi connectivity index (χ0v) is 21.2. The molecule has 1 heterocycles. The summed E-state index contributed by atoms with van der Waals surface area (Å²) in [4.78, 5) is 22.5. The maximum absolute atomic E-state index is 15.4. The zero-order valence-electron chi connectivity index (χ0n) is 21.2. The van der Waals surface area contributed by atoms with E-state index in [4.69, 9.17) is 10.7 Å². The molecule has 6 heteroatoms. The van der Waals surface area contributed by atoms with Gasteiger partial charge in [0.1, 0.15) is 17.5 Å². The van der Waals surface area contributed by atoms with Gasteiger partial charge in [0.15, 0.2) is 0 Å². The third kappa shape index (κ3) is 4.98. The van der Waals surface area contributed by atoms with E-state index >= 15 is 4.39 Å². The van der Waals surface area contributed by atoms with Crippen LogP contribution in [0.5, 0.6) is 0 Å². The molecule has 1 aromatic heterocycles. The molecule has 0 spiro atoms. The molecule has 0 atom stereocenters. The number of aliphatic imine (C=N–C) groups is 1. The van der Waals surface area contributed by atoms with E-state index < -0.39 is 0 Å². The molecule has 2 N–H and O–H groups in total. The van der Waals surface area contributed by atoms with Crippen molar-refractivity contribution >= 4 is 5.84 Å². The molecule has 5 nitrogen and oxygen atoms in total. The van der Waals surface area contributed by atoms with E-state index in [1.54, 1.807) is 17.7 Å². The monoisotopic (exact) mass is 482 g/mol. The molecule has 0 unspecified atom stereocenters. The number of amidine groups is 1. The van der Waals surface area contributed by atoms with Gasteiger partial charge in [-0.25, -0.2) is 9.37 Å². The van der Waals surface area contributed by atoms with Gasteiger partial charge in [0, 0.05) is 24.6 Å². The highest BCUT2D eigenvalue weighted by Crippen LogP contribution is 2.27. The largest absolute Gasteiger partial charge is 0.383 e. The van der Waals surface area contributed by atoms with Gasteiger partial charge >= 0.3 is 0 Å². The Labute approximate surface area is 211 Å². The lowest BCUT2D eigenvalue weighted by Crippen LogP contribution is -2.28. The van der Waals surface area contributed by atoms with Crippen LogP contribution in [0.15, 0.2) is 76.5 Å². The van der Waals surface area contributed by atoms with E-state index in [0.29, 0.717) is 34.8 Å². The minimum atomic E-state index is -0.376. The summed E-state index contributed by atoms with van der Waals surface area (Å²) in [5, 5.41) is 0. The molecule has 3 aromatic carbocycles. The van der Waals surface area contributed by atoms with Gasteiger partial charge in [-0.15, -0.1) is 0 Å². The summed E-state index contributed by atoms with van der Waals surface area (Å²) >= 11 is 0. The maximum atomic E-state index is 15.4. The third-order valence-electron chi connectivity index (χ3n) is 6.38. The van der Waals surface area contributed by atoms with Crippen molar-refractivity contribution in [2.45, 2.75) is 40.0 Å². The first-order valence-electron chi connectivity index (χ1n) is 12.1. The average Bonchev–Trinajstić information content (AvgIpc) is 2.88. The molecule has 0 saturated carbocycles. The molecule has 0 amide bonds. The fourth-order valence-corrected chi connectivity index (χ4v) is 4.46. The van der Waals surface area contributed by atoms with Gasteiger partial charge in [-0.1, -0.05) is 67.4 Å². The fraction of sp³-hybridized carbons (Fsp3) is 0.233. The van der Waals surface area contributed by atoms with E-state index in [-0.39, 0.29) is 17.8 Å². The number of rotatable bonds is 7. The Morgan fingerprint density at radius 2 is 1.78 bits per heavy atom. The van der Waals surface area contributed by atoms with Gasteiger partial charge in [0.2, 0.25) is 0 Å². The Morgan fingerprint density at radius 1 is 1.06 bits per heavy atom. The summed E-state index contributed by atoms with van der Waals surface area (Å²) in [5.74, 6) is 0.638. The molecule has 0 saturated heterocycles. The van der Waals surface area contributed by atoms with Gasteiger partial charge in [-0.3, -0.25) is 14.4 Å². The predicted molar refractivity (Wildman–Crippen MR) is 145 cm³/mol. The van der Waals surface area contributed by atoms with E-state index in [1.807, 2.05) is 75.4 Å². The van der Waals surface area contributed by atoms with Crippen LogP contribution in [0.1, 0.15) is 47.1 Å². The van der Waals surface area contributed by atoms with Gasteiger partial charge in [0.05, 0.1) is 11.4 Å². The van der Waals surface area contributed by atoms with Crippen molar-refractivity contribution in [3.63, 3.8) is 0 Å². The van der Waals surface area contributed by atoms with Crippen molar-refractivity contribution in [3.8, 4) is 16.8 Å². The fourth-order valence-electron chi connectivity index (χ4n) is 4.46. The number of nitrogens with two attached hydrogens (primary N) is 1. The molecule has 0 aliphatic carbocycles. The Morgan fingerprint density at radius 3 is 2.44 bits per heavy atom. The van der Waals surface area contributed by atoms with E-state index in [9.17, 15) is 4.79 Å². The summed E-state index contributed by atoms with van der Waals surface area (Å²) in [7, 11) is 1.63. The quantitative estimate of drug-likeness (QED) is 0.278. The predicted octanol–water partition coefficient (Wildman–Crippen LogP) is 5.53. The second-order valence-electron chi connectivity index (χ2n) is 8.95. The van der Waals surface area contributed by atoms with Crippen molar-refractivity contribution in [2.24, 2.45) is 10.7 Å². The van der Waals surface area contributed by atoms with Crippen LogP contribution in [0.4, 0.5) is 4.39 Å². The number of aryl methyl sites for hydroxylation is 3. The second kappa shape index (κ2) is 10.7. The van der Waals surface area contributed by atoms with E-state index in [1.165, 1.54) is 6.07 Å². The minimum Gasteiger partial charge on any atom is -0.383 e. The van der Waals surface area contributed by atoms with Crippen molar-refractivity contribution in [2.75, 3.05) is 7.05 Å². The summed E-state index contributed by atoms with van der Waals surface area (Å²) in [6, 6.07) is 20.4. The molecule has 0 radical (unpaired) electrons. The zero-order chi connectivity index (χ0) is 25.8. The van der Waals surface area contributed by atoms with Gasteiger partial charge in [0.25, 0.3) is 5.56 Å². The van der Waals surface area contributed by atoms with Crippen molar-refractivity contribution in [1.29, 1.82) is 0 Å². The summed E-state index contributed by atoms with van der Waals surface area (Å²) in [6.07, 6.45) is 1.66. The molecule has 0 fully saturated rings. The van der Waals surface area contributed by atoms with Crippen LogP contribution in [0, 0.1) is 19.7 Å². The highest BCUT2D eigenvalue weighted by Gasteiger charge is 2.18. The van der Waals surface area contributed by atoms with Crippen LogP contribution in [0.2, 0.25) is 0 Å². The van der Waals surface area contributed by atoms with Gasteiger partial charge in [-0.05, 0) is 55.2 Å². The third-order valence-corrected chi connectivity index (χ3v) is 6.38. The molecule has 36 heavy (non-hydrogen) atoms. The van der Waals surface area contributed by atoms with Crippen LogP contribution in [-0.4, -0.2) is 22.4 Å². The summed E-state index contributed by atoms with van der Waals surface area (Å²) < 4.78 is 17.1. The first-order valence-corrected chi connectivity index (χ1v) is 12.1. The number of benzene rings is 3. The standard InChI is InChI=1S/C30H31FN4O/c1-5-8-28-26(30(36)35(20(3)34-28)23-15-11-19(2)12-16-23)17-22-14-13-21(18-27(22)31)24-9-6-7-10-25(24)29(32)33-4/h6-7,9-16,18H,5,8,17H2,1-4H3,(H2,32,33). The van der Waals surface area contributed by atoms with Gasteiger partial charge < -0.3 is 5.73 Å². The Bertz CT molecular complexity index is 1490. The lowest BCUT2D eigenvalue weighted by atomic mass is 9.95. The molecule has 4 rings (SSSR count). The number of hydrogen-bond acceptors (Lipinski definition) is 3. The molecular weight excluding hydrogens is 451 g/mol. The smallest absolute Gasteiger partial charge is 0.261 e. The molecule has 0 aliphatic rings. The van der Waals surface area contributed by atoms with Crippen LogP contribution in [-0.2, 0) is 12.8 Å². The number of nitrogens with zero attached hydrogens (tertiary/aromatic N) is 3. The van der Waals surface area contributed by atoms with Crippen LogP contribution < -0.4 is 11.3 Å². The van der Waals surface area contributed by atoms with Gasteiger partial charge in [-0.2, -0.15) is 0 Å². The molecular formula is C30H31FN4O. The van der Waals surface area contributed by atoms with Crippen LogP contribution in [0.25, 0.3) is 16.8 Å². The van der Waals surface area contributed by atoms with Crippen LogP contribution in [0.3, 0.4) is 0 Å². The first kappa shape index (κ1) is 25.0. The molecule has 184 valence electrons. The second-order valence-corrected chi connectivity index (χ2v) is 8.95. The Balaban J connectivity index is 1.78. The summed E-state index contributed by atoms with van der Waals surface area (Å²) in [6.45, 7) is 5.88. The molecule has 0 aliphatic heterocycles. The van der Waals surface area contributed by atoms with Crippen LogP contribution >= 0.6 is 0 Å². The molecule has 4 aromatic rings. The SMILES string of the molecule is CCCc1nc(C)n(-c2ccc(C)cc2)c(=O)c1Cc1ccc(-c2ccccc2C(N)=NC)cc1F. The number of hydrogen-bond donors (Lipinski definition) is 1. The minimum absolute atomic E-state index is 0.157. The maximum Gasteiger partial charge on any atom is 0.261 e. The topological polar surface area (TPSA) is 73.3 Å². The molecule has 0 bridgehead atoms. The number of halogens is 1. The Hall–Kier alpha value is -4.06. The highest BCUT2D eigenvalue weighted by atomic mass is 19.1. The highest BCUT2D eigenvalue weighted by molar-refractivity contribution is 6.03. The van der Waals surface area contributed by atoms with E-state index in [0.717, 1.165) is 34.5 Å². The van der Waals surface area contributed by atoms with E-state index in [2.05, 4.69) is 4.99 Å². The van der Waals surface area contributed by atoms with Crippen molar-refractivity contribution in [3.05, 3.63) is 117 Å². The normalized spacial score (nSPS) is 11.6. The van der Waals surface area contributed by atoms with Crippen molar-refractivity contribution in [1.82, 2.24) is 9.55 Å². The van der Waals surface area contributed by atoms with Crippen molar-refractivity contribution < 1.29 is 4.39 Å². The summed E-state index contributed by atoms with van der Waals surface area (Å²) in [5.41, 5.74) is 11.7. The number of aromatic nitrogens is 2. The Kier molecular flexibility index (Phi) is 7.44. The lowest BCUT2D eigenvalue weighted by Gasteiger charge is -2.16.